The van der Waals surface area contributed by atoms with Gasteiger partial charge in [0.1, 0.15) is 0 Å². The molecule has 0 aromatic carbocycles. The van der Waals surface area contributed by atoms with Gasteiger partial charge >= 0.3 is 0 Å². The summed E-state index contributed by atoms with van der Waals surface area (Å²) in [6, 6.07) is 0. The summed E-state index contributed by atoms with van der Waals surface area (Å²) in [6.45, 7) is 58.8. The predicted molar refractivity (Wildman–Crippen MR) is 486 cm³/mol. The van der Waals surface area contributed by atoms with Crippen LogP contribution in [0.2, 0.25) is 0 Å². The topological polar surface area (TPSA) is 0 Å². The average molecular weight is 1470 g/mol. The molecular weight excluding hydrogens is 1260 g/mol. The van der Waals surface area contributed by atoms with Crippen molar-refractivity contribution in [3.63, 3.8) is 0 Å². The van der Waals surface area contributed by atoms with Gasteiger partial charge in [0.2, 0.25) is 0 Å². The number of unbranched alkanes of at least 4 members (excludes halogenated alkanes) is 21. The Balaban J connectivity index is 12.4. The van der Waals surface area contributed by atoms with Crippen molar-refractivity contribution in [3.05, 3.63) is 5.92 Å². The predicted octanol–water partition coefficient (Wildman–Crippen LogP) is 38.9. The maximum atomic E-state index is 3.17. The first-order chi connectivity index (χ1) is 50.9. The Hall–Kier alpha value is 0. The molecule has 0 saturated heterocycles. The largest absolute Gasteiger partial charge is 0.0654 e. The van der Waals surface area contributed by atoms with E-state index in [1.807, 2.05) is 0 Å². The smallest absolute Gasteiger partial charge is 0.0168 e. The van der Waals surface area contributed by atoms with Gasteiger partial charge in [0, 0.05) is 0 Å². The molecule has 0 aliphatic heterocycles. The Kier molecular flexibility index (Phi) is 68.4. The van der Waals surface area contributed by atoms with E-state index in [1.165, 1.54) is 417 Å². The second-order valence-corrected chi connectivity index (χ2v) is 39.0. The number of hydrogen-bond donors (Lipinski definition) is 0. The lowest BCUT2D eigenvalue weighted by Gasteiger charge is -2.74. The molecule has 0 saturated carbocycles. The van der Waals surface area contributed by atoms with E-state index in [1.54, 1.807) is 12.8 Å². The van der Waals surface area contributed by atoms with Crippen molar-refractivity contribution in [3.8, 4) is 0 Å². The van der Waals surface area contributed by atoms with Crippen LogP contribution in [0.15, 0.2) is 0 Å². The average Bonchev–Trinajstić information content (AvgIpc) is 0.676. The van der Waals surface area contributed by atoms with Gasteiger partial charge in [-0.2, -0.15) is 0 Å². The second kappa shape index (κ2) is 68.4. The molecule has 0 spiro atoms. The Labute approximate surface area is 671 Å². The van der Waals surface area contributed by atoms with Gasteiger partial charge in [-0.05, 0) is 157 Å². The fourth-order valence-corrected chi connectivity index (χ4v) is 24.0. The normalized spacial score (nSPS) is 17.9. The van der Waals surface area contributed by atoms with Gasteiger partial charge in [-0.3, -0.25) is 0 Å². The lowest BCUT2D eigenvalue weighted by Crippen LogP contribution is -2.67. The van der Waals surface area contributed by atoms with Gasteiger partial charge in [0.25, 0.3) is 0 Å². The zero-order valence-corrected chi connectivity index (χ0v) is 78.2. The summed E-state index contributed by atoms with van der Waals surface area (Å²) in [5.74, 6) is 10.7. The number of rotatable bonds is 82. The third-order valence-electron chi connectivity index (χ3n) is 29.4. The molecule has 0 amide bonds. The molecular formula is C105H211. The van der Waals surface area contributed by atoms with Crippen molar-refractivity contribution in [2.45, 2.75) is 583 Å². The van der Waals surface area contributed by atoms with Gasteiger partial charge in [-0.25, -0.2) is 0 Å². The van der Waals surface area contributed by atoms with Crippen LogP contribution in [0.25, 0.3) is 0 Å². The maximum absolute atomic E-state index is 3.17. The van der Waals surface area contributed by atoms with Gasteiger partial charge in [-0.15, -0.1) is 0 Å². The molecule has 0 rings (SSSR count). The van der Waals surface area contributed by atoms with Crippen LogP contribution in [0.5, 0.6) is 0 Å². The monoisotopic (exact) mass is 1470 g/mol. The fourth-order valence-electron chi connectivity index (χ4n) is 24.0. The minimum absolute atomic E-state index is 0.153. The highest BCUT2D eigenvalue weighted by Gasteiger charge is 2.71. The highest BCUT2D eigenvalue weighted by atomic mass is 14.8. The van der Waals surface area contributed by atoms with Crippen LogP contribution in [0, 0.1) is 92.7 Å². The second-order valence-electron chi connectivity index (χ2n) is 39.0. The van der Waals surface area contributed by atoms with Gasteiger partial charge < -0.3 is 0 Å². The van der Waals surface area contributed by atoms with E-state index >= 15 is 0 Å². The van der Waals surface area contributed by atoms with Crippen molar-refractivity contribution in [2.75, 3.05) is 0 Å². The van der Waals surface area contributed by atoms with E-state index in [0.717, 1.165) is 47.3 Å². The minimum atomic E-state index is 0.153. The molecule has 15 atom stereocenters. The van der Waals surface area contributed by atoms with Gasteiger partial charge in [-0.1, -0.05) is 518 Å². The van der Waals surface area contributed by atoms with Crippen LogP contribution in [-0.2, 0) is 0 Å². The van der Waals surface area contributed by atoms with E-state index < -0.39 is 0 Å². The van der Waals surface area contributed by atoms with Gasteiger partial charge in [0.15, 0.2) is 0 Å². The summed E-state index contributed by atoms with van der Waals surface area (Å²) in [6.07, 6.45) is 95.6. The molecule has 1 radical (unpaired) electrons. The fraction of sp³-hybridized carbons (Fsp3) is 0.990. The van der Waals surface area contributed by atoms with Crippen LogP contribution in [0.1, 0.15) is 583 Å². The molecule has 15 unspecified atom stereocenters. The van der Waals surface area contributed by atoms with Crippen LogP contribution in [0.4, 0.5) is 0 Å². The highest BCUT2D eigenvalue weighted by molar-refractivity contribution is 5.25. The molecule has 0 aliphatic carbocycles. The summed E-state index contributed by atoms with van der Waals surface area (Å²) < 4.78 is 0. The van der Waals surface area contributed by atoms with E-state index in [9.17, 15) is 0 Å². The van der Waals surface area contributed by atoms with Crippen LogP contribution in [-0.4, -0.2) is 0 Å². The van der Waals surface area contributed by atoms with E-state index in [-0.39, 0.29) is 21.7 Å². The molecule has 0 heterocycles. The van der Waals surface area contributed by atoms with Crippen molar-refractivity contribution < 1.29 is 0 Å². The molecule has 0 N–H and O–H groups in total. The van der Waals surface area contributed by atoms with Crippen LogP contribution in [0.3, 0.4) is 0 Å². The third kappa shape index (κ3) is 41.2. The summed E-state index contributed by atoms with van der Waals surface area (Å²) in [7, 11) is 0. The van der Waals surface area contributed by atoms with E-state index in [2.05, 4.69) is 158 Å². The van der Waals surface area contributed by atoms with Gasteiger partial charge in [0.05, 0.1) is 0 Å². The summed E-state index contributed by atoms with van der Waals surface area (Å²) in [5.41, 5.74) is 0.666. The Morgan fingerprint density at radius 3 is 1.04 bits per heavy atom. The molecule has 0 aromatic rings. The molecule has 105 heavy (non-hydrogen) atoms. The first-order valence-electron chi connectivity index (χ1n) is 50.7. The molecule has 0 bridgehead atoms. The first-order valence-corrected chi connectivity index (χ1v) is 50.7. The Morgan fingerprint density at radius 2 is 0.552 bits per heavy atom. The van der Waals surface area contributed by atoms with Crippen LogP contribution >= 0.6 is 0 Å². The van der Waals surface area contributed by atoms with E-state index in [0.29, 0.717) is 17.8 Å². The van der Waals surface area contributed by atoms with Crippen LogP contribution < -0.4 is 0 Å². The first kappa shape index (κ1) is 105. The van der Waals surface area contributed by atoms with Crippen molar-refractivity contribution in [1.29, 1.82) is 0 Å². The zero-order valence-electron chi connectivity index (χ0n) is 78.2. The Morgan fingerprint density at radius 1 is 0.210 bits per heavy atom. The standard InChI is InChI=1S/C105H211/c1-23-39-48-50-58-73-94(21)105(89-100(67-37-15)78-56-46-30-8,95(22)84-96(63-33-11)74-52-42-26-4)104(86-93(20)71-57-49-40-24-2,88-99(66-36-14)77-55-45-29-7)103(83-80-92(19)69-51-41-25-3,87-98(65-35-13)76-54-44-28-6)102(81-38-16,82-61-72-91(18)68-47-31-9)101(79-60-59-70-90(17)62-32-10)85-97(64-34-12)75-53-43-27-5/h90-100H,23-89H2,1-22H3. The third-order valence-corrected chi connectivity index (χ3v) is 29.4. The molecule has 0 nitrogen and oxygen atoms in total. The summed E-state index contributed by atoms with van der Waals surface area (Å²) in [4.78, 5) is 0. The summed E-state index contributed by atoms with van der Waals surface area (Å²) in [5, 5.41) is 0. The number of hydrogen-bond acceptors (Lipinski definition) is 0. The van der Waals surface area contributed by atoms with E-state index in [4.69, 9.17) is 0 Å². The quantitative estimate of drug-likeness (QED) is 0.0533. The molecule has 631 valence electrons. The highest BCUT2D eigenvalue weighted by Crippen LogP contribution is 2.79. The lowest BCUT2D eigenvalue weighted by atomic mass is 9.30. The van der Waals surface area contributed by atoms with Crippen molar-refractivity contribution in [1.82, 2.24) is 0 Å². The van der Waals surface area contributed by atoms with Crippen molar-refractivity contribution in [2.24, 2.45) is 86.8 Å². The molecule has 0 aliphatic rings. The molecule has 0 aromatic heterocycles. The summed E-state index contributed by atoms with van der Waals surface area (Å²) >= 11 is 0. The minimum Gasteiger partial charge on any atom is -0.0654 e. The van der Waals surface area contributed by atoms with Crippen molar-refractivity contribution >= 4 is 0 Å². The SMILES string of the molecule is CCCCCCCC(C)C(CC(CCC)CCCCC)(C(C)CC(CCC)CCCCC)C(CC(C)CCCCCC)(CC(CCC)CCCCC)C(CCC(C)CCCCC)(CC(CCC)CCCCC)C(CCC)(CCCC(C)CCCC)[C](CCCCC(C)CCC)CC(CCC)CCCCC. The maximum Gasteiger partial charge on any atom is -0.0168 e. The molecule has 0 heteroatoms. The zero-order chi connectivity index (χ0) is 78.3. The molecule has 0 fully saturated rings. The lowest BCUT2D eigenvalue weighted by molar-refractivity contribution is -0.246. The Bertz CT molecular complexity index is 1780.